The molecule has 7 heteroatoms. The van der Waals surface area contributed by atoms with Gasteiger partial charge < -0.3 is 9.47 Å². The fraction of sp³-hybridized carbons (Fsp3) is 0.400. The van der Waals surface area contributed by atoms with E-state index in [1.54, 1.807) is 0 Å². The summed E-state index contributed by atoms with van der Waals surface area (Å²) in [6, 6.07) is 2.35. The fourth-order valence-electron chi connectivity index (χ4n) is 1.38. The first kappa shape index (κ1) is 12.0. The number of ether oxygens (including phenoxy) is 2. The predicted octanol–water partition coefficient (Wildman–Crippen LogP) is 1.87. The number of hydrogen-bond acceptors (Lipinski definition) is 4. The summed E-state index contributed by atoms with van der Waals surface area (Å²) < 4.78 is 46.6. The Kier molecular flexibility index (Phi) is 3.12. The molecule has 0 unspecified atom stereocenters. The third kappa shape index (κ3) is 2.62. The van der Waals surface area contributed by atoms with Gasteiger partial charge in [-0.15, -0.1) is 0 Å². The third-order valence-electron chi connectivity index (χ3n) is 2.17. The summed E-state index contributed by atoms with van der Waals surface area (Å²) in [4.78, 5) is 14.3. The first-order valence-corrected chi connectivity index (χ1v) is 4.79. The van der Waals surface area contributed by atoms with Crippen molar-refractivity contribution in [1.29, 1.82) is 0 Å². The molecule has 0 N–H and O–H groups in total. The number of rotatable bonds is 2. The Hall–Kier alpha value is -1.47. The lowest BCUT2D eigenvalue weighted by Gasteiger charge is -2.09. The quantitative estimate of drug-likeness (QED) is 0.748. The monoisotopic (exact) mass is 247 g/mol. The maximum absolute atomic E-state index is 12.1. The number of carbonyl (C=O) groups is 1. The number of ketones is 1. The molecule has 0 saturated carbocycles. The van der Waals surface area contributed by atoms with Crippen LogP contribution in [-0.2, 0) is 9.47 Å². The Labute approximate surface area is 94.4 Å². The van der Waals surface area contributed by atoms with E-state index >= 15 is 0 Å². The van der Waals surface area contributed by atoms with E-state index in [0.29, 0.717) is 18.8 Å². The topological polar surface area (TPSA) is 48.4 Å². The summed E-state index contributed by atoms with van der Waals surface area (Å²) in [5, 5.41) is 0. The van der Waals surface area contributed by atoms with Gasteiger partial charge in [-0.05, 0) is 6.07 Å². The molecule has 2 heterocycles. The second-order valence-corrected chi connectivity index (χ2v) is 3.38. The molecule has 0 atom stereocenters. The van der Waals surface area contributed by atoms with Gasteiger partial charge in [0, 0.05) is 11.8 Å². The van der Waals surface area contributed by atoms with Gasteiger partial charge in [0.2, 0.25) is 0 Å². The molecule has 92 valence electrons. The molecule has 1 aliphatic heterocycles. The van der Waals surface area contributed by atoms with Crippen molar-refractivity contribution < 1.29 is 27.4 Å². The number of halogens is 3. The Bertz CT molecular complexity index is 410. The van der Waals surface area contributed by atoms with Crippen LogP contribution in [0.3, 0.4) is 0 Å². The van der Waals surface area contributed by atoms with Gasteiger partial charge in [-0.3, -0.25) is 9.78 Å². The minimum Gasteiger partial charge on any atom is -0.346 e. The van der Waals surface area contributed by atoms with Gasteiger partial charge in [0.25, 0.3) is 5.78 Å². The van der Waals surface area contributed by atoms with Crippen LogP contribution >= 0.6 is 0 Å². The summed E-state index contributed by atoms with van der Waals surface area (Å²) in [6.07, 6.45) is -4.37. The highest BCUT2D eigenvalue weighted by molar-refractivity contribution is 5.98. The molecule has 0 aromatic carbocycles. The fourth-order valence-corrected chi connectivity index (χ4v) is 1.38. The van der Waals surface area contributed by atoms with Crippen molar-refractivity contribution in [2.45, 2.75) is 12.5 Å². The van der Waals surface area contributed by atoms with E-state index in [2.05, 4.69) is 4.98 Å². The molecule has 2 rings (SSSR count). The van der Waals surface area contributed by atoms with Crippen molar-refractivity contribution in [3.05, 3.63) is 29.6 Å². The number of Topliss-reactive ketones (excluding diaryl/α,β-unsaturated/α-hetero) is 1. The largest absolute Gasteiger partial charge is 0.456 e. The molecule has 0 aliphatic carbocycles. The Balaban J connectivity index is 2.15. The average Bonchev–Trinajstić information content (AvgIpc) is 2.80. The highest BCUT2D eigenvalue weighted by atomic mass is 19.4. The number of aromatic nitrogens is 1. The summed E-state index contributed by atoms with van der Waals surface area (Å²) in [5.41, 5.74) is -0.152. The lowest BCUT2D eigenvalue weighted by Crippen LogP contribution is -2.23. The molecule has 1 aromatic heterocycles. The highest BCUT2D eigenvalue weighted by Gasteiger charge is 2.40. The maximum Gasteiger partial charge on any atom is 0.456 e. The second-order valence-electron chi connectivity index (χ2n) is 3.38. The van der Waals surface area contributed by atoms with Crippen LogP contribution in [0.1, 0.15) is 22.3 Å². The molecule has 4 nitrogen and oxygen atoms in total. The van der Waals surface area contributed by atoms with Gasteiger partial charge in [-0.1, -0.05) is 6.07 Å². The van der Waals surface area contributed by atoms with Crippen LogP contribution in [0, 0.1) is 0 Å². The summed E-state index contributed by atoms with van der Waals surface area (Å²) >= 11 is 0. The number of nitrogens with zero attached hydrogens (tertiary/aromatic N) is 1. The van der Waals surface area contributed by atoms with Gasteiger partial charge in [0.05, 0.1) is 13.2 Å². The van der Waals surface area contributed by atoms with Gasteiger partial charge in [-0.25, -0.2) is 0 Å². The van der Waals surface area contributed by atoms with Gasteiger partial charge in [0.1, 0.15) is 5.69 Å². The Morgan fingerprint density at radius 3 is 2.41 bits per heavy atom. The number of alkyl halides is 3. The number of pyridine rings is 1. The van der Waals surface area contributed by atoms with Crippen LogP contribution in [0.4, 0.5) is 13.2 Å². The maximum atomic E-state index is 12.1. The van der Waals surface area contributed by atoms with Crippen molar-refractivity contribution in [1.82, 2.24) is 4.98 Å². The molecule has 17 heavy (non-hydrogen) atoms. The SMILES string of the molecule is O=C(c1ccc(C2OCCO2)cn1)C(F)(F)F. The minimum atomic E-state index is -4.91. The number of carbonyl (C=O) groups excluding carboxylic acids is 1. The van der Waals surface area contributed by atoms with Crippen LogP contribution in [-0.4, -0.2) is 30.2 Å². The molecule has 0 bridgehead atoms. The molecule has 0 radical (unpaired) electrons. The third-order valence-corrected chi connectivity index (χ3v) is 2.17. The number of hydrogen-bond donors (Lipinski definition) is 0. The standard InChI is InChI=1S/C10H8F3NO3/c11-10(12,13)8(15)7-2-1-6(5-14-7)9-16-3-4-17-9/h1-2,5,9H,3-4H2. The van der Waals surface area contributed by atoms with Gasteiger partial charge in [-0.2, -0.15) is 13.2 Å². The zero-order chi connectivity index (χ0) is 12.5. The molecular weight excluding hydrogens is 239 g/mol. The van der Waals surface area contributed by atoms with E-state index in [4.69, 9.17) is 9.47 Å². The van der Waals surface area contributed by atoms with E-state index in [9.17, 15) is 18.0 Å². The highest BCUT2D eigenvalue weighted by Crippen LogP contribution is 2.24. The Morgan fingerprint density at radius 2 is 1.94 bits per heavy atom. The molecular formula is C10H8F3NO3. The van der Waals surface area contributed by atoms with E-state index in [1.807, 2.05) is 0 Å². The van der Waals surface area contributed by atoms with Crippen molar-refractivity contribution in [2.75, 3.05) is 13.2 Å². The van der Waals surface area contributed by atoms with Gasteiger partial charge in [0.15, 0.2) is 6.29 Å². The zero-order valence-electron chi connectivity index (χ0n) is 8.53. The summed E-state index contributed by atoms with van der Waals surface area (Å²) in [6.45, 7) is 0.849. The molecule has 1 fully saturated rings. The lowest BCUT2D eigenvalue weighted by atomic mass is 10.2. The van der Waals surface area contributed by atoms with Gasteiger partial charge >= 0.3 is 6.18 Å². The lowest BCUT2D eigenvalue weighted by molar-refractivity contribution is -0.0888. The first-order chi connectivity index (χ1) is 7.98. The first-order valence-electron chi connectivity index (χ1n) is 4.79. The summed E-state index contributed by atoms with van der Waals surface area (Å²) in [7, 11) is 0. The van der Waals surface area contributed by atoms with E-state index in [1.165, 1.54) is 6.07 Å². The average molecular weight is 247 g/mol. The molecule has 0 amide bonds. The van der Waals surface area contributed by atoms with Crippen LogP contribution in [0.25, 0.3) is 0 Å². The molecule has 1 aromatic rings. The molecule has 1 aliphatic rings. The molecule has 0 spiro atoms. The Morgan fingerprint density at radius 1 is 1.29 bits per heavy atom. The predicted molar refractivity (Wildman–Crippen MR) is 49.3 cm³/mol. The van der Waals surface area contributed by atoms with Crippen molar-refractivity contribution in [3.8, 4) is 0 Å². The van der Waals surface area contributed by atoms with Crippen LogP contribution in [0.15, 0.2) is 18.3 Å². The molecule has 1 saturated heterocycles. The van der Waals surface area contributed by atoms with E-state index in [0.717, 1.165) is 12.3 Å². The zero-order valence-corrected chi connectivity index (χ0v) is 8.53. The van der Waals surface area contributed by atoms with Crippen LogP contribution < -0.4 is 0 Å². The minimum absolute atomic E-state index is 0.425. The second kappa shape index (κ2) is 4.42. The van der Waals surface area contributed by atoms with E-state index < -0.39 is 23.9 Å². The van der Waals surface area contributed by atoms with E-state index in [-0.39, 0.29) is 0 Å². The smallest absolute Gasteiger partial charge is 0.346 e. The van der Waals surface area contributed by atoms with Crippen LogP contribution in [0.5, 0.6) is 0 Å². The van der Waals surface area contributed by atoms with Crippen molar-refractivity contribution >= 4 is 5.78 Å². The normalized spacial score (nSPS) is 17.4. The summed E-state index contributed by atoms with van der Waals surface area (Å²) in [5.74, 6) is -1.96. The van der Waals surface area contributed by atoms with Crippen LogP contribution in [0.2, 0.25) is 0 Å². The van der Waals surface area contributed by atoms with Crippen molar-refractivity contribution in [2.24, 2.45) is 0 Å². The van der Waals surface area contributed by atoms with Crippen molar-refractivity contribution in [3.63, 3.8) is 0 Å².